The lowest BCUT2D eigenvalue weighted by Crippen LogP contribution is -2.17. The lowest BCUT2D eigenvalue weighted by atomic mass is 10.3. The van der Waals surface area contributed by atoms with E-state index in [-0.39, 0.29) is 5.91 Å². The molecule has 23 heavy (non-hydrogen) atoms. The molecule has 0 fully saturated rings. The molecule has 1 amide bonds. The number of benzene rings is 2. The highest BCUT2D eigenvalue weighted by Crippen LogP contribution is 2.21. The van der Waals surface area contributed by atoms with Gasteiger partial charge in [-0.15, -0.1) is 11.8 Å². The summed E-state index contributed by atoms with van der Waals surface area (Å²) in [6.07, 6.45) is 0.988. The van der Waals surface area contributed by atoms with E-state index in [9.17, 15) is 4.79 Å². The van der Waals surface area contributed by atoms with Crippen molar-refractivity contribution in [1.29, 1.82) is 0 Å². The summed E-state index contributed by atoms with van der Waals surface area (Å²) >= 11 is 1.52. The van der Waals surface area contributed by atoms with Crippen LogP contribution in [-0.2, 0) is 11.3 Å². The van der Waals surface area contributed by atoms with Crippen molar-refractivity contribution in [3.05, 3.63) is 54.6 Å². The number of carbonyl (C=O) groups is 1. The van der Waals surface area contributed by atoms with E-state index in [0.717, 1.165) is 28.9 Å². The average Bonchev–Trinajstić information content (AvgIpc) is 2.92. The van der Waals surface area contributed by atoms with Crippen molar-refractivity contribution in [2.24, 2.45) is 0 Å². The first-order valence-corrected chi connectivity index (χ1v) is 8.69. The van der Waals surface area contributed by atoms with Crippen LogP contribution in [0.15, 0.2) is 59.5 Å². The second-order valence-corrected chi connectivity index (χ2v) is 6.27. The second kappa shape index (κ2) is 7.33. The summed E-state index contributed by atoms with van der Waals surface area (Å²) in [7, 11) is 0. The molecule has 2 aromatic carbocycles. The molecule has 0 saturated carbocycles. The molecule has 4 nitrogen and oxygen atoms in total. The van der Waals surface area contributed by atoms with E-state index in [1.807, 2.05) is 54.6 Å². The van der Waals surface area contributed by atoms with E-state index >= 15 is 0 Å². The number of nitrogens with zero attached hydrogens (tertiary/aromatic N) is 2. The minimum atomic E-state index is -0.0356. The van der Waals surface area contributed by atoms with Crippen LogP contribution in [0, 0.1) is 0 Å². The van der Waals surface area contributed by atoms with Crippen LogP contribution in [0.25, 0.3) is 11.0 Å². The van der Waals surface area contributed by atoms with Crippen LogP contribution in [-0.4, -0.2) is 21.2 Å². The summed E-state index contributed by atoms with van der Waals surface area (Å²) in [5.74, 6) is 0.970. The molecule has 0 aliphatic carbocycles. The Morgan fingerprint density at radius 1 is 1.13 bits per heavy atom. The van der Waals surface area contributed by atoms with Gasteiger partial charge in [0.1, 0.15) is 0 Å². The summed E-state index contributed by atoms with van der Waals surface area (Å²) in [5.41, 5.74) is 1.97. The fourth-order valence-corrected chi connectivity index (χ4v) is 3.17. The molecule has 0 aliphatic rings. The van der Waals surface area contributed by atoms with E-state index in [1.165, 1.54) is 11.8 Å². The molecule has 0 spiro atoms. The average molecular weight is 325 g/mol. The van der Waals surface area contributed by atoms with Gasteiger partial charge in [-0.05, 0) is 30.7 Å². The standard InChI is InChI=1S/C18H19N3OS/c1-2-12-21-16-11-7-6-10-15(16)19-18(21)20-17(22)13-23-14-8-4-3-5-9-14/h3-11H,2,12-13H2,1H3,(H,19,20,22). The van der Waals surface area contributed by atoms with Gasteiger partial charge in [-0.25, -0.2) is 4.98 Å². The lowest BCUT2D eigenvalue weighted by Gasteiger charge is -2.08. The van der Waals surface area contributed by atoms with Crippen molar-refractivity contribution in [3.63, 3.8) is 0 Å². The molecule has 0 radical (unpaired) electrons. The van der Waals surface area contributed by atoms with Crippen molar-refractivity contribution < 1.29 is 4.79 Å². The fourth-order valence-electron chi connectivity index (χ4n) is 2.45. The van der Waals surface area contributed by atoms with Gasteiger partial charge in [-0.1, -0.05) is 37.3 Å². The van der Waals surface area contributed by atoms with Gasteiger partial charge in [0.05, 0.1) is 16.8 Å². The monoisotopic (exact) mass is 325 g/mol. The fraction of sp³-hybridized carbons (Fsp3) is 0.222. The molecule has 3 aromatic rings. The number of amides is 1. The highest BCUT2D eigenvalue weighted by Gasteiger charge is 2.12. The molecule has 1 aromatic heterocycles. The lowest BCUT2D eigenvalue weighted by molar-refractivity contribution is -0.113. The smallest absolute Gasteiger partial charge is 0.237 e. The highest BCUT2D eigenvalue weighted by molar-refractivity contribution is 8.00. The van der Waals surface area contributed by atoms with Crippen LogP contribution in [0.4, 0.5) is 5.95 Å². The van der Waals surface area contributed by atoms with E-state index in [1.54, 1.807) is 0 Å². The minimum Gasteiger partial charge on any atom is -0.310 e. The van der Waals surface area contributed by atoms with E-state index in [4.69, 9.17) is 0 Å². The maximum Gasteiger partial charge on any atom is 0.237 e. The Hall–Kier alpha value is -2.27. The number of imidazole rings is 1. The van der Waals surface area contributed by atoms with Crippen LogP contribution in [0.2, 0.25) is 0 Å². The maximum atomic E-state index is 12.2. The molecular weight excluding hydrogens is 306 g/mol. The summed E-state index contributed by atoms with van der Waals surface area (Å²) in [5, 5.41) is 2.95. The zero-order chi connectivity index (χ0) is 16.1. The molecule has 0 saturated heterocycles. The Morgan fingerprint density at radius 2 is 1.87 bits per heavy atom. The number of nitrogens with one attached hydrogen (secondary N) is 1. The molecule has 0 unspecified atom stereocenters. The van der Waals surface area contributed by atoms with Crippen LogP contribution in [0.5, 0.6) is 0 Å². The third-order valence-corrected chi connectivity index (χ3v) is 4.48. The van der Waals surface area contributed by atoms with Crippen molar-refractivity contribution in [3.8, 4) is 0 Å². The normalized spacial score (nSPS) is 10.8. The Labute approximate surface area is 139 Å². The van der Waals surface area contributed by atoms with Crippen molar-refractivity contribution in [2.75, 3.05) is 11.1 Å². The Morgan fingerprint density at radius 3 is 2.65 bits per heavy atom. The van der Waals surface area contributed by atoms with Gasteiger partial charge < -0.3 is 4.57 Å². The Kier molecular flexibility index (Phi) is 4.98. The zero-order valence-electron chi connectivity index (χ0n) is 13.0. The predicted molar refractivity (Wildman–Crippen MR) is 95.8 cm³/mol. The number of aromatic nitrogens is 2. The number of fused-ring (bicyclic) bond motifs is 1. The molecule has 3 rings (SSSR count). The third kappa shape index (κ3) is 3.74. The van der Waals surface area contributed by atoms with Crippen LogP contribution >= 0.6 is 11.8 Å². The number of hydrogen-bond donors (Lipinski definition) is 1. The molecule has 1 N–H and O–H groups in total. The largest absolute Gasteiger partial charge is 0.310 e. The molecular formula is C18H19N3OS. The molecule has 0 aliphatic heterocycles. The van der Waals surface area contributed by atoms with E-state index in [2.05, 4.69) is 21.8 Å². The number of hydrogen-bond acceptors (Lipinski definition) is 3. The number of para-hydroxylation sites is 2. The van der Waals surface area contributed by atoms with Crippen molar-refractivity contribution >= 4 is 34.7 Å². The summed E-state index contributed by atoms with van der Waals surface area (Å²) in [6.45, 7) is 2.95. The first-order valence-electron chi connectivity index (χ1n) is 7.71. The molecule has 0 atom stereocenters. The summed E-state index contributed by atoms with van der Waals surface area (Å²) in [6, 6.07) is 17.9. The first kappa shape index (κ1) is 15.6. The first-order chi connectivity index (χ1) is 11.3. The Bertz CT molecular complexity index is 798. The van der Waals surface area contributed by atoms with Gasteiger partial charge in [-0.3, -0.25) is 10.1 Å². The Balaban J connectivity index is 1.72. The number of thioether (sulfide) groups is 1. The topological polar surface area (TPSA) is 46.9 Å². The maximum absolute atomic E-state index is 12.2. The highest BCUT2D eigenvalue weighted by atomic mass is 32.2. The van der Waals surface area contributed by atoms with Gasteiger partial charge in [-0.2, -0.15) is 0 Å². The number of anilines is 1. The van der Waals surface area contributed by atoms with Crippen LogP contribution < -0.4 is 5.32 Å². The minimum absolute atomic E-state index is 0.0356. The molecule has 118 valence electrons. The molecule has 1 heterocycles. The summed E-state index contributed by atoms with van der Waals surface area (Å²) < 4.78 is 2.07. The third-order valence-electron chi connectivity index (χ3n) is 3.47. The van der Waals surface area contributed by atoms with Crippen molar-refractivity contribution in [1.82, 2.24) is 9.55 Å². The number of aryl methyl sites for hydroxylation is 1. The van der Waals surface area contributed by atoms with Gasteiger partial charge in [0.25, 0.3) is 0 Å². The SMILES string of the molecule is CCCn1c(NC(=O)CSc2ccccc2)nc2ccccc21. The van der Waals surface area contributed by atoms with Gasteiger partial charge in [0, 0.05) is 11.4 Å². The van der Waals surface area contributed by atoms with Gasteiger partial charge in [0.15, 0.2) is 0 Å². The van der Waals surface area contributed by atoms with E-state index in [0.29, 0.717) is 11.7 Å². The van der Waals surface area contributed by atoms with Crippen LogP contribution in [0.3, 0.4) is 0 Å². The van der Waals surface area contributed by atoms with Crippen molar-refractivity contribution in [2.45, 2.75) is 24.8 Å². The number of rotatable bonds is 6. The summed E-state index contributed by atoms with van der Waals surface area (Å²) in [4.78, 5) is 17.9. The van der Waals surface area contributed by atoms with E-state index < -0.39 is 0 Å². The predicted octanol–water partition coefficient (Wildman–Crippen LogP) is 4.18. The van der Waals surface area contributed by atoms with Gasteiger partial charge >= 0.3 is 0 Å². The quantitative estimate of drug-likeness (QED) is 0.692. The second-order valence-electron chi connectivity index (χ2n) is 5.23. The molecule has 0 bridgehead atoms. The molecule has 5 heteroatoms. The number of carbonyl (C=O) groups excluding carboxylic acids is 1. The van der Waals surface area contributed by atoms with Crippen LogP contribution in [0.1, 0.15) is 13.3 Å². The van der Waals surface area contributed by atoms with Gasteiger partial charge in [0.2, 0.25) is 11.9 Å². The zero-order valence-corrected chi connectivity index (χ0v) is 13.8.